The first-order valence-electron chi connectivity index (χ1n) is 11.0. The fourth-order valence-corrected chi connectivity index (χ4v) is 4.29. The summed E-state index contributed by atoms with van der Waals surface area (Å²) >= 11 is 0. The first kappa shape index (κ1) is 21.1. The highest BCUT2D eigenvalue weighted by Crippen LogP contribution is 2.32. The van der Waals surface area contributed by atoms with E-state index in [4.69, 9.17) is 20.4 Å². The molecule has 2 amide bonds. The maximum absolute atomic E-state index is 11.1. The molecular formula is C23H26N8O2. The highest BCUT2D eigenvalue weighted by molar-refractivity contribution is 5.88. The predicted octanol–water partition coefficient (Wildman–Crippen LogP) is 2.21. The van der Waals surface area contributed by atoms with Crippen molar-refractivity contribution in [2.75, 3.05) is 41.4 Å². The number of hydrogen-bond acceptors (Lipinski definition) is 8. The molecule has 0 radical (unpaired) electrons. The van der Waals surface area contributed by atoms with E-state index < -0.39 is 6.03 Å². The summed E-state index contributed by atoms with van der Waals surface area (Å²) in [6, 6.07) is 8.81. The fourth-order valence-electron chi connectivity index (χ4n) is 4.29. The molecule has 2 aromatic heterocycles. The molecule has 170 valence electrons. The third-order valence-electron chi connectivity index (χ3n) is 5.93. The second-order valence-electron chi connectivity index (χ2n) is 8.20. The molecule has 1 unspecified atom stereocenters. The molecule has 5 rings (SSSR count). The van der Waals surface area contributed by atoms with Gasteiger partial charge in [0.15, 0.2) is 5.82 Å². The van der Waals surface area contributed by atoms with E-state index in [0.717, 1.165) is 36.6 Å². The van der Waals surface area contributed by atoms with Crippen molar-refractivity contribution < 1.29 is 9.53 Å². The van der Waals surface area contributed by atoms with Gasteiger partial charge in [-0.1, -0.05) is 0 Å². The van der Waals surface area contributed by atoms with Crippen LogP contribution in [0.2, 0.25) is 0 Å². The molecule has 1 atom stereocenters. The zero-order valence-electron chi connectivity index (χ0n) is 18.4. The number of carbonyl (C=O) groups excluding carboxylic acids is 1. The Hall–Kier alpha value is -3.79. The molecule has 0 spiro atoms. The van der Waals surface area contributed by atoms with Gasteiger partial charge in [0.1, 0.15) is 5.82 Å². The third-order valence-corrected chi connectivity index (χ3v) is 5.93. The molecule has 1 aromatic carbocycles. The number of nitrogens with one attached hydrogen (secondary N) is 1. The van der Waals surface area contributed by atoms with Crippen LogP contribution in [0.1, 0.15) is 18.2 Å². The zero-order valence-corrected chi connectivity index (χ0v) is 18.4. The molecule has 3 aromatic rings. The standard InChI is InChI=1S/C23H26N8O2/c1-15-14-33-12-11-31(15)21-18-7-10-30(23-25-8-2-9-26-23)13-19(18)28-20(29-21)16-3-5-17(6-4-16)27-22(24)32/h2-6,8-9,15H,7,10-14H2,1H3,(H3,24,27,32). The van der Waals surface area contributed by atoms with Crippen molar-refractivity contribution in [1.82, 2.24) is 19.9 Å². The van der Waals surface area contributed by atoms with Crippen molar-refractivity contribution >= 4 is 23.5 Å². The quantitative estimate of drug-likeness (QED) is 0.625. The third kappa shape index (κ3) is 4.42. The Kier molecular flexibility index (Phi) is 5.74. The Morgan fingerprint density at radius 1 is 1.15 bits per heavy atom. The largest absolute Gasteiger partial charge is 0.377 e. The smallest absolute Gasteiger partial charge is 0.316 e. The number of aromatic nitrogens is 4. The molecular weight excluding hydrogens is 420 g/mol. The lowest BCUT2D eigenvalue weighted by Gasteiger charge is -2.37. The van der Waals surface area contributed by atoms with Crippen LogP contribution in [0.3, 0.4) is 0 Å². The van der Waals surface area contributed by atoms with Gasteiger partial charge in [0.25, 0.3) is 0 Å². The molecule has 4 heterocycles. The number of benzene rings is 1. The van der Waals surface area contributed by atoms with E-state index in [1.807, 2.05) is 18.2 Å². The number of primary amides is 1. The van der Waals surface area contributed by atoms with Gasteiger partial charge < -0.3 is 25.6 Å². The molecule has 2 aliphatic heterocycles. The average molecular weight is 447 g/mol. The van der Waals surface area contributed by atoms with Gasteiger partial charge >= 0.3 is 6.03 Å². The number of amides is 2. The average Bonchev–Trinajstić information content (AvgIpc) is 2.84. The maximum atomic E-state index is 11.1. The van der Waals surface area contributed by atoms with Gasteiger partial charge in [-0.05, 0) is 43.7 Å². The van der Waals surface area contributed by atoms with Gasteiger partial charge in [-0.25, -0.2) is 24.7 Å². The first-order valence-corrected chi connectivity index (χ1v) is 11.0. The fraction of sp³-hybridized carbons (Fsp3) is 0.348. The van der Waals surface area contributed by atoms with Crippen LogP contribution >= 0.6 is 0 Å². The summed E-state index contributed by atoms with van der Waals surface area (Å²) in [5, 5.41) is 2.58. The molecule has 0 bridgehead atoms. The number of rotatable bonds is 4. The summed E-state index contributed by atoms with van der Waals surface area (Å²) < 4.78 is 5.66. The lowest BCUT2D eigenvalue weighted by atomic mass is 10.0. The Labute approximate surface area is 191 Å². The van der Waals surface area contributed by atoms with E-state index in [9.17, 15) is 4.79 Å². The summed E-state index contributed by atoms with van der Waals surface area (Å²) in [6.45, 7) is 5.71. The summed E-state index contributed by atoms with van der Waals surface area (Å²) in [6.07, 6.45) is 4.33. The number of morpholine rings is 1. The van der Waals surface area contributed by atoms with Crippen LogP contribution in [0.15, 0.2) is 42.7 Å². The van der Waals surface area contributed by atoms with E-state index in [0.29, 0.717) is 37.2 Å². The van der Waals surface area contributed by atoms with Crippen LogP contribution in [0.25, 0.3) is 11.4 Å². The first-order chi connectivity index (χ1) is 16.1. The van der Waals surface area contributed by atoms with E-state index in [1.54, 1.807) is 24.5 Å². The van der Waals surface area contributed by atoms with Crippen molar-refractivity contribution in [2.24, 2.45) is 5.73 Å². The number of ether oxygens (including phenoxy) is 1. The van der Waals surface area contributed by atoms with Gasteiger partial charge in [0.2, 0.25) is 5.95 Å². The van der Waals surface area contributed by atoms with Crippen molar-refractivity contribution in [1.29, 1.82) is 0 Å². The van der Waals surface area contributed by atoms with Gasteiger partial charge in [0, 0.05) is 42.3 Å². The Morgan fingerprint density at radius 2 is 1.94 bits per heavy atom. The minimum Gasteiger partial charge on any atom is -0.377 e. The normalized spacial score (nSPS) is 18.0. The lowest BCUT2D eigenvalue weighted by Crippen LogP contribution is -2.45. The molecule has 0 saturated carbocycles. The molecule has 10 nitrogen and oxygen atoms in total. The molecule has 2 aliphatic rings. The van der Waals surface area contributed by atoms with Crippen LogP contribution in [-0.4, -0.2) is 58.3 Å². The molecule has 1 fully saturated rings. The number of hydrogen-bond donors (Lipinski definition) is 2. The predicted molar refractivity (Wildman–Crippen MR) is 125 cm³/mol. The number of nitrogens with zero attached hydrogens (tertiary/aromatic N) is 6. The minimum absolute atomic E-state index is 0.225. The number of carbonyl (C=O) groups is 1. The van der Waals surface area contributed by atoms with Crippen LogP contribution in [-0.2, 0) is 17.7 Å². The number of nitrogens with two attached hydrogens (primary N) is 1. The number of urea groups is 1. The van der Waals surface area contributed by atoms with Crippen LogP contribution in [0.5, 0.6) is 0 Å². The van der Waals surface area contributed by atoms with Crippen molar-refractivity contribution in [3.05, 3.63) is 54.0 Å². The molecule has 1 saturated heterocycles. The summed E-state index contributed by atoms with van der Waals surface area (Å²) in [5.41, 5.74) is 8.86. The second kappa shape index (κ2) is 8.99. The van der Waals surface area contributed by atoms with Gasteiger partial charge in [-0.2, -0.15) is 0 Å². The van der Waals surface area contributed by atoms with E-state index in [2.05, 4.69) is 32.0 Å². The van der Waals surface area contributed by atoms with Gasteiger partial charge in [-0.15, -0.1) is 0 Å². The number of anilines is 3. The Balaban J connectivity index is 1.54. The van der Waals surface area contributed by atoms with E-state index >= 15 is 0 Å². The lowest BCUT2D eigenvalue weighted by molar-refractivity contribution is 0.0984. The van der Waals surface area contributed by atoms with E-state index in [-0.39, 0.29) is 6.04 Å². The highest BCUT2D eigenvalue weighted by Gasteiger charge is 2.29. The Morgan fingerprint density at radius 3 is 2.67 bits per heavy atom. The number of fused-ring (bicyclic) bond motifs is 1. The van der Waals surface area contributed by atoms with Crippen molar-refractivity contribution in [3.8, 4) is 11.4 Å². The van der Waals surface area contributed by atoms with Crippen molar-refractivity contribution in [3.63, 3.8) is 0 Å². The topological polar surface area (TPSA) is 122 Å². The maximum Gasteiger partial charge on any atom is 0.316 e. The SMILES string of the molecule is CC1COCCN1c1nc(-c2ccc(NC(N)=O)cc2)nc2c1CCN(c1ncccn1)C2. The zero-order chi connectivity index (χ0) is 22.8. The minimum atomic E-state index is -0.598. The molecule has 33 heavy (non-hydrogen) atoms. The van der Waals surface area contributed by atoms with Gasteiger partial charge in [0.05, 0.1) is 31.5 Å². The molecule has 0 aliphatic carbocycles. The summed E-state index contributed by atoms with van der Waals surface area (Å²) in [5.74, 6) is 2.31. The highest BCUT2D eigenvalue weighted by atomic mass is 16.5. The summed E-state index contributed by atoms with van der Waals surface area (Å²) in [4.78, 5) is 34.4. The summed E-state index contributed by atoms with van der Waals surface area (Å²) in [7, 11) is 0. The molecule has 3 N–H and O–H groups in total. The van der Waals surface area contributed by atoms with Crippen molar-refractivity contribution in [2.45, 2.75) is 25.9 Å². The van der Waals surface area contributed by atoms with Gasteiger partial charge in [-0.3, -0.25) is 0 Å². The Bertz CT molecular complexity index is 1140. The van der Waals surface area contributed by atoms with Crippen LogP contribution in [0, 0.1) is 0 Å². The monoisotopic (exact) mass is 446 g/mol. The van der Waals surface area contributed by atoms with Crippen LogP contribution in [0.4, 0.5) is 22.2 Å². The molecule has 10 heteroatoms. The van der Waals surface area contributed by atoms with E-state index in [1.165, 1.54) is 5.56 Å². The second-order valence-corrected chi connectivity index (χ2v) is 8.20. The van der Waals surface area contributed by atoms with Crippen LogP contribution < -0.4 is 20.9 Å².